The minimum Gasteiger partial charge on any atom is -0.381 e. The SMILES string of the molecule is COC1CCCC(CC(=O)N2C[C@H](C)N(C(C)=O)C3CCCCC32)C1. The Balaban J connectivity index is 1.68. The number of carbonyl (C=O) groups excluding carboxylic acids is 2. The minimum atomic E-state index is 0.124. The Bertz CT molecular complexity index is 495. The predicted octanol–water partition coefficient (Wildman–Crippen LogP) is 2.97. The van der Waals surface area contributed by atoms with Crippen LogP contribution in [0.15, 0.2) is 0 Å². The standard InChI is InChI=1S/C20H34N2O3/c1-14-13-21(18-9-4-5-10-19(18)22(14)15(2)23)20(24)12-16-7-6-8-17(11-16)25-3/h14,16-19H,4-13H2,1-3H3/t14-,16?,17?,18?,19?/m0/s1. The van der Waals surface area contributed by atoms with Crippen molar-refractivity contribution in [2.75, 3.05) is 13.7 Å². The first kappa shape index (κ1) is 18.7. The Hall–Kier alpha value is -1.10. The first-order chi connectivity index (χ1) is 12.0. The van der Waals surface area contributed by atoms with Crippen molar-refractivity contribution in [1.29, 1.82) is 0 Å². The van der Waals surface area contributed by atoms with Gasteiger partial charge in [0.05, 0.1) is 18.2 Å². The fourth-order valence-corrected chi connectivity index (χ4v) is 5.45. The Kier molecular flexibility index (Phi) is 6.03. The third-order valence-corrected chi connectivity index (χ3v) is 6.60. The zero-order chi connectivity index (χ0) is 18.0. The number of amides is 2. The van der Waals surface area contributed by atoms with Gasteiger partial charge in [0, 0.05) is 33.0 Å². The Morgan fingerprint density at radius 3 is 2.44 bits per heavy atom. The summed E-state index contributed by atoms with van der Waals surface area (Å²) in [4.78, 5) is 29.4. The van der Waals surface area contributed by atoms with Crippen LogP contribution in [0.5, 0.6) is 0 Å². The fraction of sp³-hybridized carbons (Fsp3) is 0.900. The Morgan fingerprint density at radius 2 is 1.76 bits per heavy atom. The molecule has 4 unspecified atom stereocenters. The molecule has 0 N–H and O–H groups in total. The van der Waals surface area contributed by atoms with Crippen LogP contribution in [0.4, 0.5) is 0 Å². The zero-order valence-corrected chi connectivity index (χ0v) is 16.1. The maximum absolute atomic E-state index is 13.1. The molecule has 0 aromatic heterocycles. The molecule has 3 aliphatic rings. The van der Waals surface area contributed by atoms with Crippen LogP contribution in [0.3, 0.4) is 0 Å². The van der Waals surface area contributed by atoms with Crippen molar-refractivity contribution in [2.24, 2.45) is 5.92 Å². The molecule has 5 atom stereocenters. The van der Waals surface area contributed by atoms with Crippen LogP contribution in [0.2, 0.25) is 0 Å². The monoisotopic (exact) mass is 350 g/mol. The van der Waals surface area contributed by atoms with E-state index >= 15 is 0 Å². The highest BCUT2D eigenvalue weighted by molar-refractivity contribution is 5.78. The molecule has 1 saturated heterocycles. The Labute approximate surface area is 152 Å². The van der Waals surface area contributed by atoms with Gasteiger partial charge in [0.2, 0.25) is 11.8 Å². The highest BCUT2D eigenvalue weighted by atomic mass is 16.5. The van der Waals surface area contributed by atoms with E-state index in [0.29, 0.717) is 30.9 Å². The van der Waals surface area contributed by atoms with Gasteiger partial charge in [-0.3, -0.25) is 9.59 Å². The fourth-order valence-electron chi connectivity index (χ4n) is 5.45. The summed E-state index contributed by atoms with van der Waals surface area (Å²) in [5.41, 5.74) is 0. The van der Waals surface area contributed by atoms with Crippen molar-refractivity contribution in [2.45, 2.75) is 95.9 Å². The van der Waals surface area contributed by atoms with Crippen LogP contribution in [0, 0.1) is 5.92 Å². The molecule has 2 amide bonds. The summed E-state index contributed by atoms with van der Waals surface area (Å²) in [5, 5.41) is 0. The highest BCUT2D eigenvalue weighted by Crippen LogP contribution is 2.35. The van der Waals surface area contributed by atoms with E-state index in [0.717, 1.165) is 44.9 Å². The Morgan fingerprint density at radius 1 is 1.04 bits per heavy atom. The van der Waals surface area contributed by atoms with E-state index in [1.165, 1.54) is 6.42 Å². The van der Waals surface area contributed by atoms with Gasteiger partial charge in [0.1, 0.15) is 0 Å². The third kappa shape index (κ3) is 4.02. The van der Waals surface area contributed by atoms with Gasteiger partial charge in [-0.2, -0.15) is 0 Å². The summed E-state index contributed by atoms with van der Waals surface area (Å²) in [5.74, 6) is 0.912. The van der Waals surface area contributed by atoms with Gasteiger partial charge in [-0.1, -0.05) is 19.3 Å². The maximum atomic E-state index is 13.1. The van der Waals surface area contributed by atoms with Crippen LogP contribution in [0.25, 0.3) is 0 Å². The van der Waals surface area contributed by atoms with E-state index in [1.807, 2.05) is 0 Å². The van der Waals surface area contributed by atoms with E-state index in [-0.39, 0.29) is 24.0 Å². The number of hydrogen-bond acceptors (Lipinski definition) is 3. The summed E-state index contributed by atoms with van der Waals surface area (Å²) < 4.78 is 5.52. The molecule has 5 nitrogen and oxygen atoms in total. The largest absolute Gasteiger partial charge is 0.381 e. The van der Waals surface area contributed by atoms with Crippen molar-refractivity contribution in [3.63, 3.8) is 0 Å². The van der Waals surface area contributed by atoms with Gasteiger partial charge >= 0.3 is 0 Å². The number of piperazine rings is 1. The number of methoxy groups -OCH3 is 1. The summed E-state index contributed by atoms with van der Waals surface area (Å²) >= 11 is 0. The van der Waals surface area contributed by atoms with Crippen LogP contribution in [-0.4, -0.2) is 59.5 Å². The molecular weight excluding hydrogens is 316 g/mol. The number of ether oxygens (including phenoxy) is 1. The average Bonchev–Trinajstić information content (AvgIpc) is 2.60. The van der Waals surface area contributed by atoms with Crippen LogP contribution in [-0.2, 0) is 14.3 Å². The molecule has 0 radical (unpaired) electrons. The van der Waals surface area contributed by atoms with Crippen LogP contribution < -0.4 is 0 Å². The minimum absolute atomic E-state index is 0.124. The second kappa shape index (κ2) is 8.07. The summed E-state index contributed by atoms with van der Waals surface area (Å²) in [6.07, 6.45) is 9.82. The molecule has 2 aliphatic carbocycles. The molecule has 0 bridgehead atoms. The summed E-state index contributed by atoms with van der Waals surface area (Å²) in [6, 6.07) is 0.569. The summed E-state index contributed by atoms with van der Waals surface area (Å²) in [7, 11) is 1.78. The van der Waals surface area contributed by atoms with Crippen molar-refractivity contribution < 1.29 is 14.3 Å². The molecule has 3 rings (SSSR count). The topological polar surface area (TPSA) is 49.9 Å². The number of hydrogen-bond donors (Lipinski definition) is 0. The third-order valence-electron chi connectivity index (χ3n) is 6.60. The molecule has 5 heteroatoms. The zero-order valence-electron chi connectivity index (χ0n) is 16.1. The van der Waals surface area contributed by atoms with Crippen molar-refractivity contribution in [3.05, 3.63) is 0 Å². The number of fused-ring (bicyclic) bond motifs is 1. The second-order valence-corrected chi connectivity index (χ2v) is 8.34. The van der Waals surface area contributed by atoms with Gasteiger partial charge in [-0.15, -0.1) is 0 Å². The van der Waals surface area contributed by atoms with Gasteiger partial charge in [0.25, 0.3) is 0 Å². The normalized spacial score (nSPS) is 36.0. The van der Waals surface area contributed by atoms with E-state index in [2.05, 4.69) is 16.7 Å². The smallest absolute Gasteiger partial charge is 0.223 e. The van der Waals surface area contributed by atoms with Crippen molar-refractivity contribution in [1.82, 2.24) is 9.80 Å². The lowest BCUT2D eigenvalue weighted by atomic mass is 9.82. The average molecular weight is 351 g/mol. The van der Waals surface area contributed by atoms with Crippen molar-refractivity contribution >= 4 is 11.8 Å². The molecule has 1 aliphatic heterocycles. The van der Waals surface area contributed by atoms with E-state index in [1.54, 1.807) is 14.0 Å². The second-order valence-electron chi connectivity index (χ2n) is 8.34. The molecule has 0 aromatic rings. The quantitative estimate of drug-likeness (QED) is 0.786. The van der Waals surface area contributed by atoms with Gasteiger partial charge in [-0.25, -0.2) is 0 Å². The maximum Gasteiger partial charge on any atom is 0.223 e. The van der Waals surface area contributed by atoms with E-state index < -0.39 is 0 Å². The number of carbonyl (C=O) groups is 2. The van der Waals surface area contributed by atoms with Gasteiger partial charge in [0.15, 0.2) is 0 Å². The molecule has 25 heavy (non-hydrogen) atoms. The van der Waals surface area contributed by atoms with E-state index in [9.17, 15) is 9.59 Å². The highest BCUT2D eigenvalue weighted by Gasteiger charge is 2.44. The predicted molar refractivity (Wildman–Crippen MR) is 97.1 cm³/mol. The lowest BCUT2D eigenvalue weighted by Gasteiger charge is -2.53. The molecule has 3 fully saturated rings. The lowest BCUT2D eigenvalue weighted by Crippen LogP contribution is -2.66. The number of nitrogens with zero attached hydrogens (tertiary/aromatic N) is 2. The van der Waals surface area contributed by atoms with Crippen LogP contribution >= 0.6 is 0 Å². The van der Waals surface area contributed by atoms with Crippen LogP contribution in [0.1, 0.15) is 71.6 Å². The molecule has 1 heterocycles. The number of rotatable bonds is 3. The van der Waals surface area contributed by atoms with Gasteiger partial charge < -0.3 is 14.5 Å². The lowest BCUT2D eigenvalue weighted by molar-refractivity contribution is -0.153. The first-order valence-corrected chi connectivity index (χ1v) is 10.1. The van der Waals surface area contributed by atoms with E-state index in [4.69, 9.17) is 4.74 Å². The summed E-state index contributed by atoms with van der Waals surface area (Å²) in [6.45, 7) is 4.46. The van der Waals surface area contributed by atoms with Gasteiger partial charge in [-0.05, 0) is 44.9 Å². The van der Waals surface area contributed by atoms with Crippen molar-refractivity contribution in [3.8, 4) is 0 Å². The molecule has 2 saturated carbocycles. The first-order valence-electron chi connectivity index (χ1n) is 10.1. The molecule has 0 spiro atoms. The molecule has 0 aromatic carbocycles. The molecule has 142 valence electrons. The molecular formula is C20H34N2O3.